The Bertz CT molecular complexity index is 25.5. The first-order chi connectivity index (χ1) is 1.91. The van der Waals surface area contributed by atoms with Gasteiger partial charge in [-0.25, -0.2) is 0 Å². The van der Waals surface area contributed by atoms with E-state index in [0.29, 0.717) is 5.75 Å². The van der Waals surface area contributed by atoms with Gasteiger partial charge >= 0.3 is 29.6 Å². The standard InChI is InChI=1S/C2H4S2.Na.H/c3-1-2-4;;/h1,4H,2H2;;/q;+1;-1. The molecule has 0 bridgehead atoms. The molecule has 0 aliphatic rings. The zero-order chi connectivity index (χ0) is 3.41. The van der Waals surface area contributed by atoms with Crippen LogP contribution in [-0.4, -0.2) is 11.1 Å². The van der Waals surface area contributed by atoms with Crippen LogP contribution in [0.5, 0.6) is 0 Å². The van der Waals surface area contributed by atoms with Crippen molar-refractivity contribution in [3.05, 3.63) is 0 Å². The maximum Gasteiger partial charge on any atom is 1.00 e. The SMILES string of the molecule is S=CCS.[H-].[Na+]. The van der Waals surface area contributed by atoms with Gasteiger partial charge in [-0.05, 0) is 5.37 Å². The third-order valence-corrected chi connectivity index (χ3v) is 0.671. The van der Waals surface area contributed by atoms with Gasteiger partial charge in [-0.3, -0.25) is 0 Å². The van der Waals surface area contributed by atoms with Crippen LogP contribution in [0.4, 0.5) is 0 Å². The van der Waals surface area contributed by atoms with Crippen molar-refractivity contribution in [1.29, 1.82) is 0 Å². The molecule has 0 aromatic rings. The molecule has 0 saturated heterocycles. The van der Waals surface area contributed by atoms with E-state index in [1.807, 2.05) is 0 Å². The fourth-order valence-corrected chi connectivity index (χ4v) is 0. The molecule has 0 aliphatic carbocycles. The Morgan fingerprint density at radius 1 is 2.00 bits per heavy atom. The largest absolute Gasteiger partial charge is 1.00 e. The summed E-state index contributed by atoms with van der Waals surface area (Å²) >= 11 is 8.11. The van der Waals surface area contributed by atoms with E-state index in [1.54, 1.807) is 5.37 Å². The molecule has 0 rings (SSSR count). The quantitative estimate of drug-likeness (QED) is 0.236. The van der Waals surface area contributed by atoms with Crippen molar-refractivity contribution in [3.63, 3.8) is 0 Å². The number of rotatable bonds is 1. The minimum Gasteiger partial charge on any atom is -1.00 e. The molecule has 0 saturated carbocycles. The van der Waals surface area contributed by atoms with Gasteiger partial charge in [0.05, 0.1) is 0 Å². The van der Waals surface area contributed by atoms with E-state index >= 15 is 0 Å². The van der Waals surface area contributed by atoms with Crippen LogP contribution in [0, 0.1) is 0 Å². The van der Waals surface area contributed by atoms with Gasteiger partial charge in [0.1, 0.15) is 0 Å². The average Bonchev–Trinajstić information content (AvgIpc) is 1.37. The molecule has 5 heavy (non-hydrogen) atoms. The first kappa shape index (κ1) is 9.67. The smallest absolute Gasteiger partial charge is 1.00 e. The molecule has 0 aromatic carbocycles. The molecule has 0 radical (unpaired) electrons. The molecule has 0 amide bonds. The zero-order valence-corrected chi connectivity index (χ0v) is 6.85. The van der Waals surface area contributed by atoms with E-state index in [-0.39, 0.29) is 31.0 Å². The summed E-state index contributed by atoms with van der Waals surface area (Å²) < 4.78 is 0. The van der Waals surface area contributed by atoms with Gasteiger partial charge in [-0.1, -0.05) is 12.2 Å². The number of thiol groups is 1. The molecule has 0 atom stereocenters. The summed E-state index contributed by atoms with van der Waals surface area (Å²) in [7, 11) is 0. The Morgan fingerprint density at radius 3 is 2.20 bits per heavy atom. The topological polar surface area (TPSA) is 0 Å². The summed E-state index contributed by atoms with van der Waals surface area (Å²) in [5.74, 6) is 0.704. The van der Waals surface area contributed by atoms with Crippen molar-refractivity contribution in [2.45, 2.75) is 0 Å². The predicted octanol–water partition coefficient (Wildman–Crippen LogP) is -1.97. The van der Waals surface area contributed by atoms with Gasteiger partial charge in [-0.15, -0.1) is 0 Å². The molecular weight excluding hydrogens is 111 g/mol. The Morgan fingerprint density at radius 2 is 2.20 bits per heavy atom. The van der Waals surface area contributed by atoms with Crippen molar-refractivity contribution in [1.82, 2.24) is 0 Å². The Hall–Kier alpha value is 1.44. The molecule has 3 heteroatoms. The van der Waals surface area contributed by atoms with Crippen molar-refractivity contribution in [3.8, 4) is 0 Å². The van der Waals surface area contributed by atoms with Gasteiger partial charge in [-0.2, -0.15) is 12.6 Å². The second-order valence-corrected chi connectivity index (χ2v) is 1.05. The van der Waals surface area contributed by atoms with E-state index in [0.717, 1.165) is 0 Å². The summed E-state index contributed by atoms with van der Waals surface area (Å²) in [5, 5.41) is 1.57. The molecule has 0 heterocycles. The summed E-state index contributed by atoms with van der Waals surface area (Å²) in [6.45, 7) is 0. The third kappa shape index (κ3) is 10.8. The molecule has 0 nitrogen and oxygen atoms in total. The maximum atomic E-state index is 4.35. The zero-order valence-electron chi connectivity index (χ0n) is 4.14. The van der Waals surface area contributed by atoms with Crippen LogP contribution < -0.4 is 29.6 Å². The first-order valence-electron chi connectivity index (χ1n) is 0.960. The average molecular weight is 116 g/mol. The van der Waals surface area contributed by atoms with Crippen molar-refractivity contribution < 1.29 is 31.0 Å². The minimum absolute atomic E-state index is 0. The minimum atomic E-state index is 0. The molecule has 0 N–H and O–H groups in total. The molecule has 0 unspecified atom stereocenters. The Kier molecular flexibility index (Phi) is 17.5. The van der Waals surface area contributed by atoms with Crippen LogP contribution in [0.2, 0.25) is 0 Å². The maximum absolute atomic E-state index is 4.35. The van der Waals surface area contributed by atoms with Gasteiger partial charge < -0.3 is 1.43 Å². The van der Waals surface area contributed by atoms with E-state index in [9.17, 15) is 0 Å². The Balaban J connectivity index is -0.0000000450. The second kappa shape index (κ2) is 9.06. The first-order valence-corrected chi connectivity index (χ1v) is 2.06. The monoisotopic (exact) mass is 116 g/mol. The van der Waals surface area contributed by atoms with Gasteiger partial charge in [0, 0.05) is 5.75 Å². The van der Waals surface area contributed by atoms with Crippen LogP contribution in [0.25, 0.3) is 0 Å². The second-order valence-electron chi connectivity index (χ2n) is 0.349. The molecule has 0 aromatic heterocycles. The van der Waals surface area contributed by atoms with Crippen LogP contribution in [-0.2, 0) is 0 Å². The van der Waals surface area contributed by atoms with E-state index in [2.05, 4.69) is 24.8 Å². The van der Waals surface area contributed by atoms with E-state index < -0.39 is 0 Å². The fraction of sp³-hybridized carbons (Fsp3) is 0.500. The number of hydrogen-bond acceptors (Lipinski definition) is 2. The van der Waals surface area contributed by atoms with E-state index in [1.165, 1.54) is 0 Å². The van der Waals surface area contributed by atoms with Gasteiger partial charge in [0.2, 0.25) is 0 Å². The summed E-state index contributed by atoms with van der Waals surface area (Å²) in [6, 6.07) is 0. The normalized spacial score (nSPS) is 5.00. The van der Waals surface area contributed by atoms with Crippen molar-refractivity contribution in [2.75, 3.05) is 5.75 Å². The van der Waals surface area contributed by atoms with Crippen LogP contribution in [0.3, 0.4) is 0 Å². The predicted molar refractivity (Wildman–Crippen MR) is 28.6 cm³/mol. The third-order valence-electron chi connectivity index (χ3n) is 0.0745. The van der Waals surface area contributed by atoms with Crippen LogP contribution >= 0.6 is 24.8 Å². The fourth-order valence-electron chi connectivity index (χ4n) is 0. The Labute approximate surface area is 66.5 Å². The van der Waals surface area contributed by atoms with Crippen LogP contribution in [0.1, 0.15) is 1.43 Å². The van der Waals surface area contributed by atoms with Crippen molar-refractivity contribution in [2.24, 2.45) is 0 Å². The summed E-state index contributed by atoms with van der Waals surface area (Å²) in [4.78, 5) is 0. The number of thiocarbonyl (C=S) groups is 1. The molecule has 0 fully saturated rings. The summed E-state index contributed by atoms with van der Waals surface area (Å²) in [6.07, 6.45) is 0. The summed E-state index contributed by atoms with van der Waals surface area (Å²) in [5.41, 5.74) is 0. The molecular formula is C2H5NaS2. The van der Waals surface area contributed by atoms with Crippen molar-refractivity contribution >= 4 is 30.2 Å². The van der Waals surface area contributed by atoms with Gasteiger partial charge in [0.15, 0.2) is 0 Å². The van der Waals surface area contributed by atoms with E-state index in [4.69, 9.17) is 0 Å². The van der Waals surface area contributed by atoms with Gasteiger partial charge in [0.25, 0.3) is 0 Å². The van der Waals surface area contributed by atoms with Crippen LogP contribution in [0.15, 0.2) is 0 Å². The molecule has 26 valence electrons. The number of hydrogen-bond donors (Lipinski definition) is 1. The molecule has 0 aliphatic heterocycles. The molecule has 0 spiro atoms.